The van der Waals surface area contributed by atoms with E-state index in [-0.39, 0.29) is 5.54 Å². The average molecular weight is 342 g/mol. The highest BCUT2D eigenvalue weighted by Gasteiger charge is 2.48. The first kappa shape index (κ1) is 14.5. The maximum atomic E-state index is 11.2. The van der Waals surface area contributed by atoms with E-state index in [1.54, 1.807) is 0 Å². The van der Waals surface area contributed by atoms with E-state index in [1.807, 2.05) is 10.9 Å². The van der Waals surface area contributed by atoms with Crippen molar-refractivity contribution in [2.45, 2.75) is 63.6 Å². The van der Waals surface area contributed by atoms with Crippen molar-refractivity contribution in [1.29, 1.82) is 0 Å². The molecule has 0 amide bonds. The third-order valence-corrected chi connectivity index (χ3v) is 5.72. The average Bonchev–Trinajstić information content (AvgIpc) is 3.18. The summed E-state index contributed by atoms with van der Waals surface area (Å²) in [5.74, 6) is 0. The van der Waals surface area contributed by atoms with Gasteiger partial charge >= 0.3 is 0 Å². The largest absolute Gasteiger partial charge is 0.385 e. The van der Waals surface area contributed by atoms with Gasteiger partial charge in [-0.1, -0.05) is 12.8 Å². The second kappa shape index (κ2) is 5.78. The van der Waals surface area contributed by atoms with Gasteiger partial charge in [-0.3, -0.25) is 9.58 Å². The summed E-state index contributed by atoms with van der Waals surface area (Å²) >= 11 is 3.58. The lowest BCUT2D eigenvalue weighted by Gasteiger charge is -2.42. The lowest BCUT2D eigenvalue weighted by atomic mass is 9.86. The van der Waals surface area contributed by atoms with Crippen LogP contribution in [0, 0.1) is 0 Å². The number of aliphatic hydroxyl groups excluding tert-OH is 1. The molecule has 1 saturated heterocycles. The van der Waals surface area contributed by atoms with Crippen molar-refractivity contribution >= 4 is 15.9 Å². The van der Waals surface area contributed by atoms with Gasteiger partial charge in [-0.05, 0) is 61.6 Å². The third-order valence-electron chi connectivity index (χ3n) is 5.11. The lowest BCUT2D eigenvalue weighted by Crippen LogP contribution is -2.50. The number of rotatable bonds is 4. The molecule has 5 heteroatoms. The van der Waals surface area contributed by atoms with Gasteiger partial charge in [0.25, 0.3) is 0 Å². The summed E-state index contributed by atoms with van der Waals surface area (Å²) in [6.45, 7) is 5.14. The number of hydrogen-bond acceptors (Lipinski definition) is 3. The Balaban J connectivity index is 1.96. The quantitative estimate of drug-likeness (QED) is 0.914. The maximum Gasteiger partial charge on any atom is 0.115 e. The summed E-state index contributed by atoms with van der Waals surface area (Å²) in [6.07, 6.45) is 8.57. The monoisotopic (exact) mass is 341 g/mol. The van der Waals surface area contributed by atoms with Gasteiger partial charge in [0.1, 0.15) is 6.10 Å². The van der Waals surface area contributed by atoms with E-state index in [4.69, 9.17) is 0 Å². The Morgan fingerprint density at radius 3 is 2.55 bits per heavy atom. The molecule has 1 aromatic rings. The minimum Gasteiger partial charge on any atom is -0.385 e. The molecule has 2 heterocycles. The van der Waals surface area contributed by atoms with Crippen LogP contribution in [-0.2, 0) is 6.54 Å². The minimum absolute atomic E-state index is 0.0635. The zero-order valence-corrected chi connectivity index (χ0v) is 13.8. The highest BCUT2D eigenvalue weighted by molar-refractivity contribution is 9.10. The molecule has 2 fully saturated rings. The van der Waals surface area contributed by atoms with Crippen LogP contribution in [-0.4, -0.2) is 38.4 Å². The summed E-state index contributed by atoms with van der Waals surface area (Å²) in [4.78, 5) is 2.55. The maximum absolute atomic E-state index is 11.2. The SMILES string of the molecule is CCn1ncc(Br)c1C(O)C1(N2CCCC2)CCCC1. The number of aliphatic hydroxyl groups is 1. The predicted octanol–water partition coefficient (Wildman–Crippen LogP) is 3.11. The van der Waals surface area contributed by atoms with Crippen molar-refractivity contribution in [2.24, 2.45) is 0 Å². The molecule has 112 valence electrons. The fourth-order valence-electron chi connectivity index (χ4n) is 4.06. The molecular weight excluding hydrogens is 318 g/mol. The standard InChI is InChI=1S/C15H24BrN3O/c1-2-19-13(12(16)11-17-19)14(20)15(7-3-4-8-15)18-9-5-6-10-18/h11,14,20H,2-10H2,1H3. The van der Waals surface area contributed by atoms with Gasteiger partial charge < -0.3 is 5.11 Å². The molecule has 20 heavy (non-hydrogen) atoms. The smallest absolute Gasteiger partial charge is 0.115 e. The van der Waals surface area contributed by atoms with Crippen molar-refractivity contribution in [3.05, 3.63) is 16.4 Å². The van der Waals surface area contributed by atoms with Crippen LogP contribution in [0.5, 0.6) is 0 Å². The normalized spacial score (nSPS) is 24.4. The topological polar surface area (TPSA) is 41.3 Å². The molecule has 3 rings (SSSR count). The summed E-state index contributed by atoms with van der Waals surface area (Å²) in [7, 11) is 0. The van der Waals surface area contributed by atoms with Crippen LogP contribution < -0.4 is 0 Å². The zero-order valence-electron chi connectivity index (χ0n) is 12.2. The van der Waals surface area contributed by atoms with Gasteiger partial charge in [0.15, 0.2) is 0 Å². The zero-order chi connectivity index (χ0) is 14.2. The van der Waals surface area contributed by atoms with Crippen LogP contribution in [0.2, 0.25) is 0 Å². The van der Waals surface area contributed by atoms with Crippen molar-refractivity contribution < 1.29 is 5.11 Å². The Morgan fingerprint density at radius 1 is 1.30 bits per heavy atom. The Kier molecular flexibility index (Phi) is 4.20. The van der Waals surface area contributed by atoms with E-state index < -0.39 is 6.10 Å². The van der Waals surface area contributed by atoms with Gasteiger partial charge in [-0.15, -0.1) is 0 Å². The number of hydrogen-bond donors (Lipinski definition) is 1. The van der Waals surface area contributed by atoms with Crippen LogP contribution in [0.4, 0.5) is 0 Å². The Hall–Kier alpha value is -0.390. The van der Waals surface area contributed by atoms with Gasteiger partial charge in [-0.25, -0.2) is 0 Å². The van der Waals surface area contributed by atoms with Crippen molar-refractivity contribution in [1.82, 2.24) is 14.7 Å². The lowest BCUT2D eigenvalue weighted by molar-refractivity contribution is -0.0245. The molecule has 2 aliphatic rings. The Bertz CT molecular complexity index is 462. The first-order chi connectivity index (χ1) is 9.69. The highest BCUT2D eigenvalue weighted by Crippen LogP contribution is 2.47. The van der Waals surface area contributed by atoms with Gasteiger partial charge in [-0.2, -0.15) is 5.10 Å². The summed E-state index contributed by atoms with van der Waals surface area (Å²) in [5, 5.41) is 15.6. The molecule has 0 radical (unpaired) electrons. The van der Waals surface area contributed by atoms with Crippen LogP contribution in [0.3, 0.4) is 0 Å². The first-order valence-corrected chi connectivity index (χ1v) is 8.62. The number of aromatic nitrogens is 2. The molecule has 1 aliphatic carbocycles. The third kappa shape index (κ3) is 2.24. The molecule has 0 aromatic carbocycles. The molecule has 1 N–H and O–H groups in total. The highest BCUT2D eigenvalue weighted by atomic mass is 79.9. The summed E-state index contributed by atoms with van der Waals surface area (Å²) < 4.78 is 2.88. The summed E-state index contributed by atoms with van der Waals surface area (Å²) in [5.41, 5.74) is 0.896. The van der Waals surface area contributed by atoms with E-state index in [0.29, 0.717) is 0 Å². The number of halogens is 1. The molecule has 1 atom stereocenters. The molecule has 1 aromatic heterocycles. The molecule has 0 spiro atoms. The van der Waals surface area contributed by atoms with Crippen molar-refractivity contribution in [2.75, 3.05) is 13.1 Å². The fraction of sp³-hybridized carbons (Fsp3) is 0.800. The molecule has 4 nitrogen and oxygen atoms in total. The van der Waals surface area contributed by atoms with Crippen molar-refractivity contribution in [3.8, 4) is 0 Å². The van der Waals surface area contributed by atoms with Crippen molar-refractivity contribution in [3.63, 3.8) is 0 Å². The van der Waals surface area contributed by atoms with Crippen LogP contribution in [0.1, 0.15) is 57.2 Å². The second-order valence-corrected chi connectivity index (χ2v) is 6.96. The predicted molar refractivity (Wildman–Crippen MR) is 82.6 cm³/mol. The Morgan fingerprint density at radius 2 is 1.95 bits per heavy atom. The van der Waals surface area contributed by atoms with E-state index in [2.05, 4.69) is 32.9 Å². The molecule has 1 unspecified atom stereocenters. The molecular formula is C15H24BrN3O. The number of aryl methyl sites for hydroxylation is 1. The van der Waals surface area contributed by atoms with Gasteiger partial charge in [0.05, 0.1) is 21.9 Å². The number of likely N-dealkylation sites (tertiary alicyclic amines) is 1. The van der Waals surface area contributed by atoms with Crippen LogP contribution >= 0.6 is 15.9 Å². The molecule has 0 bridgehead atoms. The second-order valence-electron chi connectivity index (χ2n) is 6.10. The van der Waals surface area contributed by atoms with E-state index in [0.717, 1.165) is 42.6 Å². The molecule has 1 aliphatic heterocycles. The van der Waals surface area contributed by atoms with Crippen LogP contribution in [0.25, 0.3) is 0 Å². The fourth-order valence-corrected chi connectivity index (χ4v) is 4.58. The van der Waals surface area contributed by atoms with Gasteiger partial charge in [0.2, 0.25) is 0 Å². The van der Waals surface area contributed by atoms with E-state index in [9.17, 15) is 5.11 Å². The molecule has 1 saturated carbocycles. The minimum atomic E-state index is -0.445. The first-order valence-electron chi connectivity index (χ1n) is 7.83. The number of nitrogens with zero attached hydrogens (tertiary/aromatic N) is 3. The van der Waals surface area contributed by atoms with E-state index >= 15 is 0 Å². The van der Waals surface area contributed by atoms with Gasteiger partial charge in [0, 0.05) is 6.54 Å². The van der Waals surface area contributed by atoms with Crippen LogP contribution in [0.15, 0.2) is 10.7 Å². The Labute approximate surface area is 129 Å². The summed E-state index contributed by atoms with van der Waals surface area (Å²) in [6, 6.07) is 0. The van der Waals surface area contributed by atoms with E-state index in [1.165, 1.54) is 25.7 Å².